The second-order valence-electron chi connectivity index (χ2n) is 4.77. The average molecular weight is 278 g/mol. The molecule has 0 aliphatic carbocycles. The van der Waals surface area contributed by atoms with Crippen molar-refractivity contribution in [2.45, 2.75) is 27.2 Å². The molecule has 1 aromatic carbocycles. The zero-order valence-electron chi connectivity index (χ0n) is 11.3. The van der Waals surface area contributed by atoms with Gasteiger partial charge in [0.1, 0.15) is 5.03 Å². The van der Waals surface area contributed by atoms with Crippen LogP contribution in [0.4, 0.5) is 0 Å². The van der Waals surface area contributed by atoms with Gasteiger partial charge in [-0.2, -0.15) is 0 Å². The first-order valence-corrected chi connectivity index (χ1v) is 6.68. The molecule has 0 unspecified atom stereocenters. The normalized spacial score (nSPS) is 15.7. The molecule has 4 heteroatoms. The SMILES string of the molecule is CCCN1C(=O)C(Cl)=C(c2ccc(C)cc2C)C1=O. The van der Waals surface area contributed by atoms with Crippen LogP contribution in [0.15, 0.2) is 23.2 Å². The van der Waals surface area contributed by atoms with Crippen LogP contribution in [0.3, 0.4) is 0 Å². The molecular formula is C15H16ClNO2. The van der Waals surface area contributed by atoms with Crippen molar-refractivity contribution < 1.29 is 9.59 Å². The van der Waals surface area contributed by atoms with E-state index in [9.17, 15) is 9.59 Å². The van der Waals surface area contributed by atoms with Gasteiger partial charge in [0.05, 0.1) is 5.57 Å². The minimum Gasteiger partial charge on any atom is -0.274 e. The summed E-state index contributed by atoms with van der Waals surface area (Å²) in [6, 6.07) is 5.75. The quantitative estimate of drug-likeness (QED) is 0.797. The first kappa shape index (κ1) is 13.8. The van der Waals surface area contributed by atoms with Crippen LogP contribution in [0.2, 0.25) is 0 Å². The highest BCUT2D eigenvalue weighted by Gasteiger charge is 2.37. The van der Waals surface area contributed by atoms with Crippen LogP contribution >= 0.6 is 11.6 Å². The molecule has 0 fully saturated rings. The largest absolute Gasteiger partial charge is 0.274 e. The first-order valence-electron chi connectivity index (χ1n) is 6.31. The summed E-state index contributed by atoms with van der Waals surface area (Å²) in [6.45, 7) is 6.23. The lowest BCUT2D eigenvalue weighted by molar-refractivity contribution is -0.136. The van der Waals surface area contributed by atoms with Gasteiger partial charge in [-0.15, -0.1) is 0 Å². The summed E-state index contributed by atoms with van der Waals surface area (Å²) in [5, 5.41) is 0.0328. The monoisotopic (exact) mass is 277 g/mol. The minimum absolute atomic E-state index is 0.0328. The van der Waals surface area contributed by atoms with Gasteiger partial charge in [-0.1, -0.05) is 42.3 Å². The Kier molecular flexibility index (Phi) is 3.76. The molecule has 0 N–H and O–H groups in total. The van der Waals surface area contributed by atoms with E-state index >= 15 is 0 Å². The molecule has 3 nitrogen and oxygen atoms in total. The molecule has 0 bridgehead atoms. The van der Waals surface area contributed by atoms with Crippen LogP contribution < -0.4 is 0 Å². The molecule has 0 aromatic heterocycles. The van der Waals surface area contributed by atoms with Gasteiger partial charge in [0, 0.05) is 6.54 Å². The number of rotatable bonds is 3. The highest BCUT2D eigenvalue weighted by Crippen LogP contribution is 2.33. The minimum atomic E-state index is -0.386. The summed E-state index contributed by atoms with van der Waals surface area (Å²) in [6.07, 6.45) is 0.724. The van der Waals surface area contributed by atoms with Gasteiger partial charge in [-0.25, -0.2) is 0 Å². The molecule has 1 aliphatic heterocycles. The number of benzene rings is 1. The molecule has 19 heavy (non-hydrogen) atoms. The van der Waals surface area contributed by atoms with E-state index in [0.717, 1.165) is 23.1 Å². The topological polar surface area (TPSA) is 37.4 Å². The van der Waals surface area contributed by atoms with Crippen molar-refractivity contribution in [2.75, 3.05) is 6.54 Å². The van der Waals surface area contributed by atoms with E-state index in [1.165, 1.54) is 4.90 Å². The third-order valence-electron chi connectivity index (χ3n) is 3.21. The van der Waals surface area contributed by atoms with E-state index in [0.29, 0.717) is 12.1 Å². The van der Waals surface area contributed by atoms with Gasteiger partial charge in [0.25, 0.3) is 11.8 Å². The maximum atomic E-state index is 12.3. The zero-order chi connectivity index (χ0) is 14.2. The number of carbonyl (C=O) groups is 2. The third kappa shape index (κ3) is 2.30. The number of halogens is 1. The van der Waals surface area contributed by atoms with E-state index in [1.54, 1.807) is 0 Å². The van der Waals surface area contributed by atoms with Crippen molar-refractivity contribution in [1.29, 1.82) is 0 Å². The first-order chi connectivity index (χ1) is 8.97. The molecule has 1 aliphatic rings. The van der Waals surface area contributed by atoms with Gasteiger partial charge in [0.15, 0.2) is 0 Å². The lowest BCUT2D eigenvalue weighted by Crippen LogP contribution is -2.32. The van der Waals surface area contributed by atoms with Crippen LogP contribution in [0.5, 0.6) is 0 Å². The molecule has 1 aromatic rings. The lowest BCUT2D eigenvalue weighted by Gasteiger charge is -2.13. The van der Waals surface area contributed by atoms with Crippen LogP contribution in [0.1, 0.15) is 30.0 Å². The van der Waals surface area contributed by atoms with Crippen molar-refractivity contribution >= 4 is 29.0 Å². The Morgan fingerprint density at radius 3 is 2.42 bits per heavy atom. The Hall–Kier alpha value is -1.61. The Morgan fingerprint density at radius 2 is 1.84 bits per heavy atom. The fourth-order valence-corrected chi connectivity index (χ4v) is 2.59. The Balaban J connectivity index is 2.50. The summed E-state index contributed by atoms with van der Waals surface area (Å²) in [5.41, 5.74) is 3.14. The number of hydrogen-bond acceptors (Lipinski definition) is 2. The number of imide groups is 1. The standard InChI is InChI=1S/C15H16ClNO2/c1-4-7-17-14(18)12(13(16)15(17)19)11-6-5-9(2)8-10(11)3/h5-6,8H,4,7H2,1-3H3. The van der Waals surface area contributed by atoms with Crippen LogP contribution in [0, 0.1) is 13.8 Å². The van der Waals surface area contributed by atoms with Crippen LogP contribution in [-0.4, -0.2) is 23.3 Å². The molecule has 0 radical (unpaired) electrons. The number of hydrogen-bond donors (Lipinski definition) is 0. The Labute approximate surface area is 117 Å². The Bertz CT molecular complexity index is 590. The van der Waals surface area contributed by atoms with E-state index in [4.69, 9.17) is 11.6 Å². The molecule has 0 atom stereocenters. The average Bonchev–Trinajstić information content (AvgIpc) is 2.55. The number of amides is 2. The summed E-state index contributed by atoms with van der Waals surface area (Å²) < 4.78 is 0. The second-order valence-corrected chi connectivity index (χ2v) is 5.15. The third-order valence-corrected chi connectivity index (χ3v) is 3.56. The van der Waals surface area contributed by atoms with Gasteiger partial charge >= 0.3 is 0 Å². The molecule has 0 spiro atoms. The number of carbonyl (C=O) groups excluding carboxylic acids is 2. The molecule has 1 heterocycles. The molecule has 2 rings (SSSR count). The van der Waals surface area contributed by atoms with Crippen LogP contribution in [-0.2, 0) is 9.59 Å². The number of nitrogens with zero attached hydrogens (tertiary/aromatic N) is 1. The van der Waals surface area contributed by atoms with Crippen molar-refractivity contribution in [3.63, 3.8) is 0 Å². The summed E-state index contributed by atoms with van der Waals surface area (Å²) in [4.78, 5) is 25.5. The predicted molar refractivity (Wildman–Crippen MR) is 75.7 cm³/mol. The smallest absolute Gasteiger partial charge is 0.273 e. The highest BCUT2D eigenvalue weighted by atomic mass is 35.5. The van der Waals surface area contributed by atoms with Crippen molar-refractivity contribution in [1.82, 2.24) is 4.90 Å². The van der Waals surface area contributed by atoms with Gasteiger partial charge in [0.2, 0.25) is 0 Å². The summed E-state index contributed by atoms with van der Waals surface area (Å²) in [7, 11) is 0. The summed E-state index contributed by atoms with van der Waals surface area (Å²) >= 11 is 6.07. The van der Waals surface area contributed by atoms with Crippen LogP contribution in [0.25, 0.3) is 5.57 Å². The second kappa shape index (κ2) is 5.17. The van der Waals surface area contributed by atoms with Gasteiger partial charge < -0.3 is 0 Å². The Morgan fingerprint density at radius 1 is 1.16 bits per heavy atom. The molecule has 0 saturated heterocycles. The predicted octanol–water partition coefficient (Wildman–Crippen LogP) is 3.03. The van der Waals surface area contributed by atoms with Crippen molar-refractivity contribution in [3.05, 3.63) is 39.9 Å². The molecule has 0 saturated carbocycles. The van der Waals surface area contributed by atoms with Gasteiger partial charge in [-0.05, 0) is 31.4 Å². The zero-order valence-corrected chi connectivity index (χ0v) is 12.0. The number of aryl methyl sites for hydroxylation is 2. The van der Waals surface area contributed by atoms with Gasteiger partial charge in [-0.3, -0.25) is 14.5 Å². The maximum absolute atomic E-state index is 12.3. The van der Waals surface area contributed by atoms with Crippen molar-refractivity contribution in [2.24, 2.45) is 0 Å². The van der Waals surface area contributed by atoms with E-state index in [2.05, 4.69) is 0 Å². The van der Waals surface area contributed by atoms with Crippen molar-refractivity contribution in [3.8, 4) is 0 Å². The van der Waals surface area contributed by atoms with E-state index in [-0.39, 0.29) is 16.8 Å². The maximum Gasteiger partial charge on any atom is 0.273 e. The molecular weight excluding hydrogens is 262 g/mol. The fourth-order valence-electron chi connectivity index (χ4n) is 2.30. The lowest BCUT2D eigenvalue weighted by atomic mass is 9.99. The van der Waals surface area contributed by atoms with E-state index < -0.39 is 0 Å². The fraction of sp³-hybridized carbons (Fsp3) is 0.333. The van der Waals surface area contributed by atoms with E-state index in [1.807, 2.05) is 39.0 Å². The summed E-state index contributed by atoms with van der Waals surface area (Å²) in [5.74, 6) is -0.674. The molecule has 100 valence electrons. The molecule has 2 amide bonds. The highest BCUT2D eigenvalue weighted by molar-refractivity contribution is 6.55.